The second-order valence-corrected chi connectivity index (χ2v) is 8.93. The largest absolute Gasteiger partial charge is 0.480 e. The number of methoxy groups -OCH3 is 2. The number of nitrogens with zero attached hydrogens (tertiary/aromatic N) is 4. The van der Waals surface area contributed by atoms with Gasteiger partial charge in [0.15, 0.2) is 0 Å². The minimum absolute atomic E-state index is 0.139. The van der Waals surface area contributed by atoms with Crippen molar-refractivity contribution >= 4 is 6.15 Å². The lowest BCUT2D eigenvalue weighted by atomic mass is 10.2. The molecular formula is C23H36N4O7. The molecule has 0 aliphatic rings. The fourth-order valence-electron chi connectivity index (χ4n) is 2.21. The molecule has 0 unspecified atom stereocenters. The van der Waals surface area contributed by atoms with Crippen molar-refractivity contribution in [2.45, 2.75) is 79.5 Å². The number of rotatable bonds is 7. The highest BCUT2D eigenvalue weighted by atomic mass is 16.5. The van der Waals surface area contributed by atoms with E-state index < -0.39 is 0 Å². The van der Waals surface area contributed by atoms with E-state index in [1.54, 1.807) is 13.2 Å². The molecule has 0 aromatic carbocycles. The first kappa shape index (κ1) is 31.0. The third kappa shape index (κ3) is 13.5. The zero-order valence-corrected chi connectivity index (χ0v) is 21.5. The molecule has 2 aromatic heterocycles. The van der Waals surface area contributed by atoms with Gasteiger partial charge in [0.25, 0.3) is 0 Å². The van der Waals surface area contributed by atoms with Crippen LogP contribution in [0.1, 0.15) is 64.1 Å². The molecule has 2 aromatic rings. The van der Waals surface area contributed by atoms with Crippen LogP contribution in [0.4, 0.5) is 0 Å². The van der Waals surface area contributed by atoms with Gasteiger partial charge < -0.3 is 24.1 Å². The first-order valence-corrected chi connectivity index (χ1v) is 10.4. The number of ether oxygens (including phenoxy) is 4. The Kier molecular flexibility index (Phi) is 13.7. The predicted molar refractivity (Wildman–Crippen MR) is 122 cm³/mol. The normalized spacial score (nSPS) is 10.8. The molecule has 34 heavy (non-hydrogen) atoms. The molecule has 2 heterocycles. The third-order valence-electron chi connectivity index (χ3n) is 3.71. The summed E-state index contributed by atoms with van der Waals surface area (Å²) in [6, 6.07) is 3.66. The minimum atomic E-state index is -0.229. The van der Waals surface area contributed by atoms with E-state index in [0.717, 1.165) is 16.8 Å². The van der Waals surface area contributed by atoms with Crippen LogP contribution in [0.25, 0.3) is 0 Å². The van der Waals surface area contributed by atoms with Crippen LogP contribution in [0.15, 0.2) is 12.1 Å². The van der Waals surface area contributed by atoms with Crippen molar-refractivity contribution in [2.75, 3.05) is 14.2 Å². The summed E-state index contributed by atoms with van der Waals surface area (Å²) < 4.78 is 21.5. The minimum Gasteiger partial charge on any atom is -0.480 e. The number of aliphatic hydroxyl groups excluding tert-OH is 1. The summed E-state index contributed by atoms with van der Waals surface area (Å²) >= 11 is 0. The molecular weight excluding hydrogens is 444 g/mol. The number of hydrogen-bond acceptors (Lipinski definition) is 11. The van der Waals surface area contributed by atoms with Crippen molar-refractivity contribution < 1.29 is 33.6 Å². The van der Waals surface area contributed by atoms with E-state index in [1.807, 2.05) is 54.5 Å². The lowest BCUT2D eigenvalue weighted by molar-refractivity contribution is -0.191. The molecule has 0 fully saturated rings. The maximum atomic E-state index is 8.97. The summed E-state index contributed by atoms with van der Waals surface area (Å²) in [6.45, 7) is 14.6. The van der Waals surface area contributed by atoms with Crippen molar-refractivity contribution in [3.05, 3.63) is 34.6 Å². The van der Waals surface area contributed by atoms with Crippen LogP contribution < -0.4 is 9.47 Å². The average molecular weight is 481 g/mol. The monoisotopic (exact) mass is 480 g/mol. The smallest absolute Gasteiger partial charge is 0.373 e. The summed E-state index contributed by atoms with van der Waals surface area (Å²) in [5.41, 5.74) is 2.70. The number of aliphatic hydroxyl groups is 1. The highest BCUT2D eigenvalue weighted by Crippen LogP contribution is 2.20. The number of aryl methyl sites for hydroxylation is 1. The maximum Gasteiger partial charge on any atom is 0.373 e. The Morgan fingerprint density at radius 3 is 1.59 bits per heavy atom. The highest BCUT2D eigenvalue weighted by molar-refractivity contribution is 5.26. The van der Waals surface area contributed by atoms with E-state index in [4.69, 9.17) is 33.6 Å². The zero-order valence-electron chi connectivity index (χ0n) is 21.5. The second kappa shape index (κ2) is 15.0. The highest BCUT2D eigenvalue weighted by Gasteiger charge is 2.14. The number of hydrogen-bond donors (Lipinski definition) is 1. The predicted octanol–water partition coefficient (Wildman–Crippen LogP) is 2.82. The molecule has 0 atom stereocenters. The standard InChI is InChI=1S/C11H18N2O3.C11H18N2O2.CO2/c1-11(2,3)16-7-8-5-9(6-14)12-13-10(8)15-4;1-8-6-9(7-15-11(2,3)4)10(14-5)13-12-8;2-1-3/h5,14H,6-7H2,1-4H3;6H,7H2,1-5H3;. The Bertz CT molecular complexity index is 903. The lowest BCUT2D eigenvalue weighted by Gasteiger charge is -2.20. The zero-order chi connectivity index (χ0) is 26.4. The van der Waals surface area contributed by atoms with Gasteiger partial charge in [-0.3, -0.25) is 0 Å². The number of carbonyl (C=O) groups excluding carboxylic acids is 2. The number of aromatic nitrogens is 4. The van der Waals surface area contributed by atoms with Crippen LogP contribution in [0.3, 0.4) is 0 Å². The van der Waals surface area contributed by atoms with Gasteiger partial charge in [-0.15, -0.1) is 15.3 Å². The molecule has 190 valence electrons. The molecule has 0 saturated heterocycles. The van der Waals surface area contributed by atoms with Gasteiger partial charge in [-0.25, -0.2) is 0 Å². The van der Waals surface area contributed by atoms with E-state index in [0.29, 0.717) is 30.7 Å². The third-order valence-corrected chi connectivity index (χ3v) is 3.71. The molecule has 11 heteroatoms. The molecule has 1 N–H and O–H groups in total. The molecule has 0 bridgehead atoms. The van der Waals surface area contributed by atoms with E-state index in [2.05, 4.69) is 20.4 Å². The topological polar surface area (TPSA) is 143 Å². The first-order chi connectivity index (χ1) is 15.8. The Balaban J connectivity index is 0.000000575. The summed E-state index contributed by atoms with van der Waals surface area (Å²) in [7, 11) is 3.11. The van der Waals surface area contributed by atoms with Crippen LogP contribution >= 0.6 is 0 Å². The van der Waals surface area contributed by atoms with Crippen molar-refractivity contribution in [1.29, 1.82) is 0 Å². The molecule has 0 amide bonds. The van der Waals surface area contributed by atoms with Gasteiger partial charge in [0.05, 0.1) is 56.6 Å². The average Bonchev–Trinajstić information content (AvgIpc) is 2.76. The van der Waals surface area contributed by atoms with Crippen molar-refractivity contribution in [3.63, 3.8) is 0 Å². The first-order valence-electron chi connectivity index (χ1n) is 10.4. The lowest BCUT2D eigenvalue weighted by Crippen LogP contribution is -2.19. The van der Waals surface area contributed by atoms with Crippen molar-refractivity contribution in [2.24, 2.45) is 0 Å². The summed E-state index contributed by atoms with van der Waals surface area (Å²) in [6.07, 6.45) is 0.250. The van der Waals surface area contributed by atoms with E-state index in [-0.39, 0.29) is 24.0 Å². The Morgan fingerprint density at radius 2 is 1.21 bits per heavy atom. The van der Waals surface area contributed by atoms with Gasteiger partial charge in [0, 0.05) is 11.1 Å². The summed E-state index contributed by atoms with van der Waals surface area (Å²) in [4.78, 5) is 16.2. The molecule has 0 radical (unpaired) electrons. The molecule has 0 aliphatic heterocycles. The van der Waals surface area contributed by atoms with Gasteiger partial charge >= 0.3 is 6.15 Å². The van der Waals surface area contributed by atoms with E-state index >= 15 is 0 Å². The van der Waals surface area contributed by atoms with Gasteiger partial charge in [-0.05, 0) is 60.6 Å². The maximum absolute atomic E-state index is 8.97. The quantitative estimate of drug-likeness (QED) is 0.625. The van der Waals surface area contributed by atoms with Gasteiger partial charge in [0.1, 0.15) is 0 Å². The van der Waals surface area contributed by atoms with Crippen LogP contribution in [0.2, 0.25) is 0 Å². The molecule has 0 saturated carbocycles. The summed E-state index contributed by atoms with van der Waals surface area (Å²) in [5, 5.41) is 24.5. The molecule has 0 spiro atoms. The SMILES string of the molecule is COc1nnc(C)cc1COC(C)(C)C.COc1nnc(CO)cc1COC(C)(C)C.O=C=O. The van der Waals surface area contributed by atoms with Gasteiger partial charge in [-0.1, -0.05) is 0 Å². The molecule has 11 nitrogen and oxygen atoms in total. The summed E-state index contributed by atoms with van der Waals surface area (Å²) in [5.74, 6) is 0.964. The Hall–Kier alpha value is -2.98. The van der Waals surface area contributed by atoms with Gasteiger partial charge in [0.2, 0.25) is 11.8 Å². The Morgan fingerprint density at radius 1 is 0.794 bits per heavy atom. The van der Waals surface area contributed by atoms with Crippen LogP contribution in [0.5, 0.6) is 11.8 Å². The Labute approximate surface area is 200 Å². The second-order valence-electron chi connectivity index (χ2n) is 8.93. The fraction of sp³-hybridized carbons (Fsp3) is 0.609. The van der Waals surface area contributed by atoms with Crippen molar-refractivity contribution in [3.8, 4) is 11.8 Å². The molecule has 0 aliphatic carbocycles. The van der Waals surface area contributed by atoms with E-state index in [9.17, 15) is 0 Å². The fourth-order valence-corrected chi connectivity index (χ4v) is 2.21. The van der Waals surface area contributed by atoms with E-state index in [1.165, 1.54) is 7.11 Å². The van der Waals surface area contributed by atoms with Crippen LogP contribution in [0, 0.1) is 6.92 Å². The van der Waals surface area contributed by atoms with Crippen molar-refractivity contribution in [1.82, 2.24) is 20.4 Å². The van der Waals surface area contributed by atoms with Crippen LogP contribution in [-0.2, 0) is 38.9 Å². The van der Waals surface area contributed by atoms with Gasteiger partial charge in [-0.2, -0.15) is 14.7 Å². The molecule has 2 rings (SSSR count). The van der Waals surface area contributed by atoms with Crippen LogP contribution in [-0.4, -0.2) is 57.1 Å².